The van der Waals surface area contributed by atoms with Crippen LogP contribution >= 0.6 is 12.2 Å². The molecule has 2 nitrogen and oxygen atoms in total. The Labute approximate surface area is 130 Å². The summed E-state index contributed by atoms with van der Waals surface area (Å²) in [6.45, 7) is 7.18. The summed E-state index contributed by atoms with van der Waals surface area (Å²) in [5, 5.41) is 7.95. The molecule has 2 rings (SSSR count). The fraction of sp³-hybridized carbons (Fsp3) is 0.941. The lowest BCUT2D eigenvalue weighted by Gasteiger charge is -2.39. The zero-order valence-electron chi connectivity index (χ0n) is 13.5. The number of thiocarbonyl (C=S) groups is 1. The molecular weight excluding hydrogens is 264 g/mol. The number of nitrogens with one attached hydrogen (secondary N) is 2. The van der Waals surface area contributed by atoms with Crippen LogP contribution in [0.2, 0.25) is 0 Å². The van der Waals surface area contributed by atoms with E-state index < -0.39 is 0 Å². The van der Waals surface area contributed by atoms with Gasteiger partial charge in [-0.2, -0.15) is 0 Å². The van der Waals surface area contributed by atoms with Crippen LogP contribution < -0.4 is 10.6 Å². The van der Waals surface area contributed by atoms with Gasteiger partial charge in [0.05, 0.1) is 0 Å². The van der Waals surface area contributed by atoms with Gasteiger partial charge in [-0.05, 0) is 62.1 Å². The summed E-state index contributed by atoms with van der Waals surface area (Å²) < 4.78 is 0. The van der Waals surface area contributed by atoms with E-state index in [9.17, 15) is 0 Å². The van der Waals surface area contributed by atoms with E-state index in [1.165, 1.54) is 57.8 Å². The first-order chi connectivity index (χ1) is 9.51. The molecule has 2 aliphatic carbocycles. The van der Waals surface area contributed by atoms with Gasteiger partial charge in [0, 0.05) is 12.1 Å². The Morgan fingerprint density at radius 1 is 0.950 bits per heavy atom. The largest absolute Gasteiger partial charge is 0.360 e. The summed E-state index contributed by atoms with van der Waals surface area (Å²) in [6.07, 6.45) is 11.8. The molecule has 2 N–H and O–H groups in total. The summed E-state index contributed by atoms with van der Waals surface area (Å²) in [5.74, 6) is 0.891. The van der Waals surface area contributed by atoms with Gasteiger partial charge in [-0.25, -0.2) is 0 Å². The summed E-state index contributed by atoms with van der Waals surface area (Å²) in [4.78, 5) is 0. The summed E-state index contributed by atoms with van der Waals surface area (Å²) in [7, 11) is 0. The van der Waals surface area contributed by atoms with E-state index in [4.69, 9.17) is 12.2 Å². The predicted molar refractivity (Wildman–Crippen MR) is 90.9 cm³/mol. The number of hydrogen-bond acceptors (Lipinski definition) is 1. The third-order valence-corrected chi connectivity index (χ3v) is 6.00. The average Bonchev–Trinajstić information content (AvgIpc) is 2.92. The van der Waals surface area contributed by atoms with Crippen molar-refractivity contribution in [2.75, 3.05) is 0 Å². The van der Waals surface area contributed by atoms with Crippen LogP contribution in [0.15, 0.2) is 0 Å². The van der Waals surface area contributed by atoms with Crippen LogP contribution in [-0.4, -0.2) is 17.2 Å². The zero-order chi connectivity index (χ0) is 14.6. The Kier molecular flexibility index (Phi) is 5.71. The van der Waals surface area contributed by atoms with Crippen molar-refractivity contribution in [2.24, 2.45) is 11.3 Å². The predicted octanol–water partition coefficient (Wildman–Crippen LogP) is 4.39. The Morgan fingerprint density at radius 2 is 1.45 bits per heavy atom. The third-order valence-electron chi connectivity index (χ3n) is 5.77. The Morgan fingerprint density at radius 3 is 1.95 bits per heavy atom. The van der Waals surface area contributed by atoms with E-state index in [-0.39, 0.29) is 0 Å². The molecule has 0 atom stereocenters. The molecule has 0 bridgehead atoms. The van der Waals surface area contributed by atoms with Crippen LogP contribution in [0.1, 0.15) is 78.6 Å². The molecule has 0 radical (unpaired) electrons. The first-order valence-electron chi connectivity index (χ1n) is 8.58. The van der Waals surface area contributed by atoms with E-state index in [0.29, 0.717) is 17.5 Å². The summed E-state index contributed by atoms with van der Waals surface area (Å²) >= 11 is 5.47. The van der Waals surface area contributed by atoms with Crippen LogP contribution in [0.25, 0.3) is 0 Å². The van der Waals surface area contributed by atoms with Crippen molar-refractivity contribution in [2.45, 2.75) is 90.6 Å². The van der Waals surface area contributed by atoms with E-state index in [1.807, 2.05) is 0 Å². The highest BCUT2D eigenvalue weighted by Gasteiger charge is 2.32. The van der Waals surface area contributed by atoms with Gasteiger partial charge in [0.2, 0.25) is 0 Å². The second-order valence-electron chi connectivity index (χ2n) is 7.49. The monoisotopic (exact) mass is 296 g/mol. The van der Waals surface area contributed by atoms with Gasteiger partial charge in [-0.1, -0.05) is 40.0 Å². The molecule has 0 aromatic rings. The molecule has 0 aromatic carbocycles. The second-order valence-corrected chi connectivity index (χ2v) is 7.90. The maximum Gasteiger partial charge on any atom is 0.166 e. The number of hydrogen-bond donors (Lipinski definition) is 2. The lowest BCUT2D eigenvalue weighted by molar-refractivity contribution is 0.141. The SMILES string of the molecule is CCC(C)(C)C1CCC(NC(=S)NC2CCCC2)CC1. The topological polar surface area (TPSA) is 24.1 Å². The fourth-order valence-corrected chi connectivity index (χ4v) is 4.12. The van der Waals surface area contributed by atoms with Crippen LogP contribution in [0.3, 0.4) is 0 Å². The molecular formula is C17H32N2S. The van der Waals surface area contributed by atoms with Crippen molar-refractivity contribution in [1.29, 1.82) is 0 Å². The van der Waals surface area contributed by atoms with Gasteiger partial charge in [0.25, 0.3) is 0 Å². The highest BCUT2D eigenvalue weighted by molar-refractivity contribution is 7.80. The molecule has 2 saturated carbocycles. The highest BCUT2D eigenvalue weighted by Crippen LogP contribution is 2.40. The molecule has 3 heteroatoms. The molecule has 116 valence electrons. The van der Waals surface area contributed by atoms with Crippen LogP contribution in [0, 0.1) is 11.3 Å². The van der Waals surface area contributed by atoms with Crippen molar-refractivity contribution >= 4 is 17.3 Å². The average molecular weight is 297 g/mol. The third kappa shape index (κ3) is 4.34. The van der Waals surface area contributed by atoms with Gasteiger partial charge >= 0.3 is 0 Å². The minimum absolute atomic E-state index is 0.508. The molecule has 2 fully saturated rings. The normalized spacial score (nSPS) is 28.4. The van der Waals surface area contributed by atoms with Gasteiger partial charge in [0.1, 0.15) is 0 Å². The lowest BCUT2D eigenvalue weighted by atomic mass is 9.69. The molecule has 0 spiro atoms. The van der Waals surface area contributed by atoms with Gasteiger partial charge in [-0.15, -0.1) is 0 Å². The molecule has 20 heavy (non-hydrogen) atoms. The van der Waals surface area contributed by atoms with Crippen molar-refractivity contribution in [3.8, 4) is 0 Å². The Balaban J connectivity index is 1.70. The molecule has 0 saturated heterocycles. The molecule has 0 aliphatic heterocycles. The number of rotatable bonds is 4. The van der Waals surface area contributed by atoms with Crippen molar-refractivity contribution in [1.82, 2.24) is 10.6 Å². The highest BCUT2D eigenvalue weighted by atomic mass is 32.1. The van der Waals surface area contributed by atoms with Crippen LogP contribution in [0.5, 0.6) is 0 Å². The van der Waals surface area contributed by atoms with E-state index >= 15 is 0 Å². The zero-order valence-corrected chi connectivity index (χ0v) is 14.3. The van der Waals surface area contributed by atoms with Gasteiger partial charge < -0.3 is 10.6 Å². The molecule has 0 heterocycles. The summed E-state index contributed by atoms with van der Waals surface area (Å²) in [5.41, 5.74) is 0.508. The minimum Gasteiger partial charge on any atom is -0.360 e. The quantitative estimate of drug-likeness (QED) is 0.752. The van der Waals surface area contributed by atoms with Crippen molar-refractivity contribution in [3.05, 3.63) is 0 Å². The van der Waals surface area contributed by atoms with Crippen molar-refractivity contribution in [3.63, 3.8) is 0 Å². The molecule has 2 aliphatic rings. The minimum atomic E-state index is 0.508. The van der Waals surface area contributed by atoms with Crippen molar-refractivity contribution < 1.29 is 0 Å². The Hall–Kier alpha value is -0.310. The standard InChI is InChI=1S/C17H32N2S/c1-4-17(2,3)13-9-11-15(12-10-13)19-16(20)18-14-7-5-6-8-14/h13-15H,4-12H2,1-3H3,(H2,18,19,20). The lowest BCUT2D eigenvalue weighted by Crippen LogP contribution is -2.47. The van der Waals surface area contributed by atoms with Gasteiger partial charge in [0.15, 0.2) is 5.11 Å². The maximum atomic E-state index is 5.47. The smallest absolute Gasteiger partial charge is 0.166 e. The van der Waals surface area contributed by atoms with E-state index in [2.05, 4.69) is 31.4 Å². The fourth-order valence-electron chi connectivity index (χ4n) is 3.79. The maximum absolute atomic E-state index is 5.47. The van der Waals surface area contributed by atoms with E-state index in [1.54, 1.807) is 0 Å². The van der Waals surface area contributed by atoms with Crippen LogP contribution in [-0.2, 0) is 0 Å². The summed E-state index contributed by atoms with van der Waals surface area (Å²) in [6, 6.07) is 1.23. The van der Waals surface area contributed by atoms with Gasteiger partial charge in [-0.3, -0.25) is 0 Å². The second kappa shape index (κ2) is 7.11. The molecule has 0 amide bonds. The molecule has 0 unspecified atom stereocenters. The van der Waals surface area contributed by atoms with E-state index in [0.717, 1.165) is 11.0 Å². The molecule has 0 aromatic heterocycles. The first kappa shape index (κ1) is 16.1. The Bertz CT molecular complexity index is 313. The first-order valence-corrected chi connectivity index (χ1v) is 8.99. The van der Waals surface area contributed by atoms with Crippen LogP contribution in [0.4, 0.5) is 0 Å².